The summed E-state index contributed by atoms with van der Waals surface area (Å²) in [7, 11) is 0. The molecule has 0 saturated heterocycles. The number of hydrogen-bond donors (Lipinski definition) is 0. The lowest BCUT2D eigenvalue weighted by molar-refractivity contribution is -0.118. The SMILES string of the molecule is C=CC(=O)C1CCC=CC1SCC. The van der Waals surface area contributed by atoms with E-state index < -0.39 is 0 Å². The van der Waals surface area contributed by atoms with E-state index in [-0.39, 0.29) is 11.7 Å². The third-order valence-electron chi connectivity index (χ3n) is 2.29. The van der Waals surface area contributed by atoms with Gasteiger partial charge in [0.2, 0.25) is 0 Å². The maximum absolute atomic E-state index is 11.5. The van der Waals surface area contributed by atoms with E-state index in [2.05, 4.69) is 25.7 Å². The Kier molecular flexibility index (Phi) is 4.29. The van der Waals surface area contributed by atoms with Gasteiger partial charge in [-0.05, 0) is 24.7 Å². The predicted octanol–water partition coefficient (Wildman–Crippen LogP) is 2.83. The largest absolute Gasteiger partial charge is 0.295 e. The van der Waals surface area contributed by atoms with Gasteiger partial charge in [-0.1, -0.05) is 25.7 Å². The van der Waals surface area contributed by atoms with Gasteiger partial charge in [-0.3, -0.25) is 4.79 Å². The molecule has 1 aliphatic carbocycles. The summed E-state index contributed by atoms with van der Waals surface area (Å²) in [5.41, 5.74) is 0. The number of ketones is 1. The quantitative estimate of drug-likeness (QED) is 0.508. The molecule has 2 unspecified atom stereocenters. The van der Waals surface area contributed by atoms with Crippen molar-refractivity contribution >= 4 is 17.5 Å². The van der Waals surface area contributed by atoms with E-state index in [1.165, 1.54) is 6.08 Å². The van der Waals surface area contributed by atoms with Gasteiger partial charge in [-0.2, -0.15) is 11.8 Å². The molecule has 0 amide bonds. The van der Waals surface area contributed by atoms with Crippen LogP contribution in [0.2, 0.25) is 0 Å². The third-order valence-corrected chi connectivity index (χ3v) is 3.50. The molecule has 0 heterocycles. The van der Waals surface area contributed by atoms with Crippen molar-refractivity contribution < 1.29 is 4.79 Å². The molecule has 72 valence electrons. The zero-order chi connectivity index (χ0) is 9.68. The number of carbonyl (C=O) groups excluding carboxylic acids is 1. The summed E-state index contributed by atoms with van der Waals surface area (Å²) in [5.74, 6) is 1.44. The van der Waals surface area contributed by atoms with Crippen molar-refractivity contribution in [1.29, 1.82) is 0 Å². The Labute approximate surface area is 84.3 Å². The molecule has 0 aliphatic heterocycles. The van der Waals surface area contributed by atoms with Gasteiger partial charge >= 0.3 is 0 Å². The highest BCUT2D eigenvalue weighted by Gasteiger charge is 2.25. The molecule has 0 fully saturated rings. The number of allylic oxidation sites excluding steroid dienone is 2. The minimum atomic E-state index is 0.174. The van der Waals surface area contributed by atoms with E-state index in [4.69, 9.17) is 0 Å². The summed E-state index contributed by atoms with van der Waals surface area (Å²) in [4.78, 5) is 11.5. The maximum atomic E-state index is 11.5. The molecule has 0 saturated carbocycles. The zero-order valence-corrected chi connectivity index (χ0v) is 8.85. The van der Waals surface area contributed by atoms with Crippen molar-refractivity contribution in [2.75, 3.05) is 5.75 Å². The Balaban J connectivity index is 2.64. The monoisotopic (exact) mass is 196 g/mol. The zero-order valence-electron chi connectivity index (χ0n) is 8.03. The van der Waals surface area contributed by atoms with Crippen LogP contribution in [0, 0.1) is 5.92 Å². The predicted molar refractivity (Wildman–Crippen MR) is 59.0 cm³/mol. The van der Waals surface area contributed by atoms with Crippen LogP contribution in [0.25, 0.3) is 0 Å². The average Bonchev–Trinajstić information content (AvgIpc) is 2.18. The van der Waals surface area contributed by atoms with Gasteiger partial charge in [-0.25, -0.2) is 0 Å². The highest BCUT2D eigenvalue weighted by atomic mass is 32.2. The smallest absolute Gasteiger partial charge is 0.159 e. The van der Waals surface area contributed by atoms with Crippen molar-refractivity contribution in [3.63, 3.8) is 0 Å². The molecule has 2 heteroatoms. The lowest BCUT2D eigenvalue weighted by Crippen LogP contribution is -2.25. The average molecular weight is 196 g/mol. The Morgan fingerprint density at radius 2 is 2.54 bits per heavy atom. The molecule has 0 spiro atoms. The number of thioether (sulfide) groups is 1. The molecule has 1 rings (SSSR count). The second kappa shape index (κ2) is 5.28. The highest BCUT2D eigenvalue weighted by Crippen LogP contribution is 2.29. The number of rotatable bonds is 4. The molecule has 0 aromatic heterocycles. The standard InChI is InChI=1S/C11H16OS/c1-3-10(12)9-7-5-6-8-11(9)13-4-2/h3,6,8-9,11H,1,4-5,7H2,2H3. The van der Waals surface area contributed by atoms with Gasteiger partial charge in [0.1, 0.15) is 0 Å². The van der Waals surface area contributed by atoms with E-state index in [9.17, 15) is 4.79 Å². The molecule has 0 aromatic rings. The first-order valence-corrected chi connectivity index (χ1v) is 5.79. The molecular formula is C11H16OS. The second-order valence-corrected chi connectivity index (χ2v) is 4.59. The molecule has 0 bridgehead atoms. The van der Waals surface area contributed by atoms with E-state index in [0.29, 0.717) is 5.25 Å². The first-order chi connectivity index (χ1) is 6.29. The summed E-state index contributed by atoms with van der Waals surface area (Å²) in [6.07, 6.45) is 7.83. The third kappa shape index (κ3) is 2.73. The highest BCUT2D eigenvalue weighted by molar-refractivity contribution is 8.00. The van der Waals surface area contributed by atoms with Gasteiger partial charge < -0.3 is 0 Å². The van der Waals surface area contributed by atoms with E-state index in [1.807, 2.05) is 11.8 Å². The molecule has 2 atom stereocenters. The summed E-state index contributed by atoms with van der Waals surface area (Å²) < 4.78 is 0. The number of hydrogen-bond acceptors (Lipinski definition) is 2. The minimum Gasteiger partial charge on any atom is -0.295 e. The van der Waals surface area contributed by atoms with Crippen LogP contribution in [-0.4, -0.2) is 16.8 Å². The van der Waals surface area contributed by atoms with Crippen molar-refractivity contribution in [1.82, 2.24) is 0 Å². The molecular weight excluding hydrogens is 180 g/mol. The van der Waals surface area contributed by atoms with E-state index in [1.54, 1.807) is 0 Å². The van der Waals surface area contributed by atoms with Gasteiger partial charge in [0.15, 0.2) is 5.78 Å². The normalized spacial score (nSPS) is 27.2. The fourth-order valence-corrected chi connectivity index (χ4v) is 2.73. The summed E-state index contributed by atoms with van der Waals surface area (Å²) >= 11 is 1.85. The fraction of sp³-hybridized carbons (Fsp3) is 0.545. The van der Waals surface area contributed by atoms with Crippen molar-refractivity contribution in [2.24, 2.45) is 5.92 Å². The topological polar surface area (TPSA) is 17.1 Å². The van der Waals surface area contributed by atoms with Gasteiger partial charge in [0, 0.05) is 11.2 Å². The van der Waals surface area contributed by atoms with Crippen LogP contribution >= 0.6 is 11.8 Å². The molecule has 0 radical (unpaired) electrons. The Bertz CT molecular complexity index is 220. The van der Waals surface area contributed by atoms with Crippen molar-refractivity contribution in [2.45, 2.75) is 25.0 Å². The van der Waals surface area contributed by atoms with Crippen LogP contribution in [0.15, 0.2) is 24.8 Å². The van der Waals surface area contributed by atoms with Crippen LogP contribution in [0.5, 0.6) is 0 Å². The van der Waals surface area contributed by atoms with Gasteiger partial charge in [0.05, 0.1) is 0 Å². The van der Waals surface area contributed by atoms with Crippen LogP contribution in [0.3, 0.4) is 0 Å². The lowest BCUT2D eigenvalue weighted by atomic mass is 9.90. The van der Waals surface area contributed by atoms with E-state index >= 15 is 0 Å². The molecule has 1 aliphatic rings. The van der Waals surface area contributed by atoms with E-state index in [0.717, 1.165) is 18.6 Å². The Hall–Kier alpha value is -0.500. The lowest BCUT2D eigenvalue weighted by Gasteiger charge is -2.24. The van der Waals surface area contributed by atoms with Crippen molar-refractivity contribution in [3.05, 3.63) is 24.8 Å². The Morgan fingerprint density at radius 1 is 1.77 bits per heavy atom. The van der Waals surface area contributed by atoms with Crippen LogP contribution in [-0.2, 0) is 4.79 Å². The Morgan fingerprint density at radius 3 is 3.15 bits per heavy atom. The first-order valence-electron chi connectivity index (χ1n) is 4.74. The first kappa shape index (κ1) is 10.6. The molecule has 1 nitrogen and oxygen atoms in total. The maximum Gasteiger partial charge on any atom is 0.159 e. The molecule has 13 heavy (non-hydrogen) atoms. The molecule has 0 aromatic carbocycles. The van der Waals surface area contributed by atoms with Crippen LogP contribution < -0.4 is 0 Å². The fourth-order valence-electron chi connectivity index (χ4n) is 1.62. The molecule has 0 N–H and O–H groups in total. The van der Waals surface area contributed by atoms with Crippen LogP contribution in [0.4, 0.5) is 0 Å². The summed E-state index contributed by atoms with van der Waals surface area (Å²) in [6, 6.07) is 0. The van der Waals surface area contributed by atoms with Crippen LogP contribution in [0.1, 0.15) is 19.8 Å². The minimum absolute atomic E-state index is 0.174. The summed E-state index contributed by atoms with van der Waals surface area (Å²) in [5, 5.41) is 0.379. The number of carbonyl (C=O) groups is 1. The van der Waals surface area contributed by atoms with Gasteiger partial charge in [0.25, 0.3) is 0 Å². The van der Waals surface area contributed by atoms with Gasteiger partial charge in [-0.15, -0.1) is 0 Å². The second-order valence-electron chi connectivity index (χ2n) is 3.14. The van der Waals surface area contributed by atoms with Crippen molar-refractivity contribution in [3.8, 4) is 0 Å². The summed E-state index contributed by atoms with van der Waals surface area (Å²) in [6.45, 7) is 5.68.